The fourth-order valence-electron chi connectivity index (χ4n) is 2.01. The molecular formula is C12H14N4O5. The van der Waals surface area contributed by atoms with Crippen LogP contribution >= 0.6 is 0 Å². The summed E-state index contributed by atoms with van der Waals surface area (Å²) in [6.45, 7) is 1.12. The lowest BCUT2D eigenvalue weighted by atomic mass is 10.3. The molecular weight excluding hydrogens is 280 g/mol. The lowest BCUT2D eigenvalue weighted by Gasteiger charge is -2.13. The highest BCUT2D eigenvalue weighted by molar-refractivity contribution is 6.07. The number of nitrogens with zero attached hydrogens (tertiary/aromatic N) is 2. The Morgan fingerprint density at radius 1 is 1.43 bits per heavy atom. The van der Waals surface area contributed by atoms with E-state index in [1.165, 1.54) is 18.0 Å². The van der Waals surface area contributed by atoms with E-state index in [1.807, 2.05) is 0 Å². The molecule has 1 saturated heterocycles. The number of rotatable bonds is 4. The van der Waals surface area contributed by atoms with Crippen molar-refractivity contribution in [3.05, 3.63) is 17.5 Å². The second-order valence-corrected chi connectivity index (χ2v) is 4.71. The lowest BCUT2D eigenvalue weighted by Crippen LogP contribution is -2.38. The Balaban J connectivity index is 2.07. The molecule has 1 aliphatic rings. The van der Waals surface area contributed by atoms with Crippen LogP contribution in [0.2, 0.25) is 0 Å². The van der Waals surface area contributed by atoms with Gasteiger partial charge >= 0.3 is 12.0 Å². The van der Waals surface area contributed by atoms with Gasteiger partial charge < -0.3 is 20.3 Å². The average molecular weight is 294 g/mol. The number of aromatic amines is 1. The van der Waals surface area contributed by atoms with Crippen molar-refractivity contribution in [2.45, 2.75) is 6.92 Å². The van der Waals surface area contributed by atoms with Gasteiger partial charge in [0.2, 0.25) is 5.91 Å². The predicted molar refractivity (Wildman–Crippen MR) is 70.9 cm³/mol. The highest BCUT2D eigenvalue weighted by atomic mass is 16.4. The summed E-state index contributed by atoms with van der Waals surface area (Å²) in [5, 5.41) is 11.4. The van der Waals surface area contributed by atoms with E-state index < -0.39 is 30.4 Å². The number of likely N-dealkylation sites (N-methyl/N-ethyl adjacent to an activating group) is 1. The van der Waals surface area contributed by atoms with E-state index in [4.69, 9.17) is 5.11 Å². The molecule has 1 aromatic heterocycles. The van der Waals surface area contributed by atoms with Gasteiger partial charge in [0.05, 0.1) is 5.69 Å². The summed E-state index contributed by atoms with van der Waals surface area (Å²) in [6, 6.07) is 0.903. The average Bonchev–Trinajstić information content (AvgIpc) is 2.85. The minimum absolute atomic E-state index is 0.0737. The van der Waals surface area contributed by atoms with E-state index >= 15 is 0 Å². The zero-order valence-corrected chi connectivity index (χ0v) is 11.5. The summed E-state index contributed by atoms with van der Waals surface area (Å²) < 4.78 is 0. The molecule has 1 aliphatic heterocycles. The van der Waals surface area contributed by atoms with Gasteiger partial charge in [0.25, 0.3) is 5.91 Å². The first-order valence-corrected chi connectivity index (χ1v) is 6.08. The van der Waals surface area contributed by atoms with Crippen molar-refractivity contribution in [3.63, 3.8) is 0 Å². The molecule has 1 fully saturated rings. The summed E-state index contributed by atoms with van der Waals surface area (Å²) in [6.07, 6.45) is 0. The minimum Gasteiger partial charge on any atom is -0.477 e. The third kappa shape index (κ3) is 2.86. The third-order valence-corrected chi connectivity index (χ3v) is 2.97. The number of hydrogen-bond donors (Lipinski definition) is 3. The number of imide groups is 1. The predicted octanol–water partition coefficient (Wildman–Crippen LogP) is -0.146. The summed E-state index contributed by atoms with van der Waals surface area (Å²) in [5.41, 5.74) is 0.505. The van der Waals surface area contributed by atoms with Crippen molar-refractivity contribution >= 4 is 29.5 Å². The highest BCUT2D eigenvalue weighted by Crippen LogP contribution is 2.17. The zero-order valence-electron chi connectivity index (χ0n) is 11.5. The van der Waals surface area contributed by atoms with Crippen LogP contribution in [0, 0.1) is 6.92 Å². The lowest BCUT2D eigenvalue weighted by molar-refractivity contribution is -0.129. The molecule has 9 heteroatoms. The first-order valence-electron chi connectivity index (χ1n) is 6.08. The smallest absolute Gasteiger partial charge is 0.354 e. The van der Waals surface area contributed by atoms with Crippen molar-refractivity contribution < 1.29 is 24.3 Å². The van der Waals surface area contributed by atoms with Crippen LogP contribution in [0.25, 0.3) is 0 Å². The van der Waals surface area contributed by atoms with Gasteiger partial charge in [0, 0.05) is 12.7 Å². The molecule has 0 unspecified atom stereocenters. The first-order chi connectivity index (χ1) is 9.79. The quantitative estimate of drug-likeness (QED) is 0.667. The van der Waals surface area contributed by atoms with Crippen LogP contribution in [0.3, 0.4) is 0 Å². The fraction of sp³-hybridized carbons (Fsp3) is 0.333. The van der Waals surface area contributed by atoms with E-state index in [1.54, 1.807) is 6.92 Å². The molecule has 0 atom stereocenters. The number of aryl methyl sites for hydroxylation is 1. The minimum atomic E-state index is -1.22. The van der Waals surface area contributed by atoms with Crippen LogP contribution in [0.5, 0.6) is 0 Å². The van der Waals surface area contributed by atoms with E-state index in [9.17, 15) is 19.2 Å². The number of urea groups is 1. The largest absolute Gasteiger partial charge is 0.477 e. The topological polar surface area (TPSA) is 123 Å². The highest BCUT2D eigenvalue weighted by Gasteiger charge is 2.34. The van der Waals surface area contributed by atoms with Crippen LogP contribution in [0.1, 0.15) is 16.2 Å². The fourth-order valence-corrected chi connectivity index (χ4v) is 2.01. The van der Waals surface area contributed by atoms with Gasteiger partial charge in [-0.15, -0.1) is 0 Å². The van der Waals surface area contributed by atoms with E-state index in [0.717, 1.165) is 4.90 Å². The Morgan fingerprint density at radius 2 is 2.10 bits per heavy atom. The Hall–Kier alpha value is -2.84. The number of amides is 4. The Labute approximate surface area is 119 Å². The number of nitrogens with one attached hydrogen (secondary N) is 2. The number of hydrogen-bond acceptors (Lipinski definition) is 4. The molecule has 2 heterocycles. The molecule has 0 spiro atoms. The molecule has 112 valence electrons. The van der Waals surface area contributed by atoms with Crippen molar-refractivity contribution in [1.82, 2.24) is 14.8 Å². The molecule has 9 nitrogen and oxygen atoms in total. The van der Waals surface area contributed by atoms with Crippen molar-refractivity contribution in [2.75, 3.05) is 25.5 Å². The van der Waals surface area contributed by atoms with E-state index in [-0.39, 0.29) is 17.9 Å². The molecule has 2 rings (SSSR count). The maximum atomic E-state index is 11.9. The Bertz CT molecular complexity index is 636. The molecule has 21 heavy (non-hydrogen) atoms. The maximum Gasteiger partial charge on any atom is 0.354 e. The van der Waals surface area contributed by atoms with Crippen molar-refractivity contribution in [3.8, 4) is 0 Å². The van der Waals surface area contributed by atoms with Crippen LogP contribution in [-0.2, 0) is 9.59 Å². The molecule has 0 bridgehead atoms. The zero-order chi connectivity index (χ0) is 15.7. The van der Waals surface area contributed by atoms with Crippen LogP contribution in [0.15, 0.2) is 6.07 Å². The summed E-state index contributed by atoms with van der Waals surface area (Å²) >= 11 is 0. The van der Waals surface area contributed by atoms with E-state index in [2.05, 4.69) is 10.3 Å². The molecule has 3 N–H and O–H groups in total. The van der Waals surface area contributed by atoms with Crippen molar-refractivity contribution in [2.24, 2.45) is 0 Å². The van der Waals surface area contributed by atoms with Crippen LogP contribution in [-0.4, -0.2) is 63.8 Å². The summed E-state index contributed by atoms with van der Waals surface area (Å²) in [7, 11) is 1.45. The third-order valence-electron chi connectivity index (χ3n) is 2.97. The number of carbonyl (C=O) groups is 4. The maximum absolute atomic E-state index is 11.9. The second kappa shape index (κ2) is 5.27. The number of carboxylic acids is 1. The van der Waals surface area contributed by atoms with Gasteiger partial charge in [-0.05, 0) is 13.0 Å². The standard InChI is InChI=1S/C12H14N4O5/c1-6-3-7(10(13-6)11(19)20)14-8(17)4-16-9(18)5-15(2)12(16)21/h3,13H,4-5H2,1-2H3,(H,14,17)(H,19,20). The monoisotopic (exact) mass is 294 g/mol. The van der Waals surface area contributed by atoms with E-state index in [0.29, 0.717) is 5.69 Å². The van der Waals surface area contributed by atoms with Crippen LogP contribution in [0.4, 0.5) is 10.5 Å². The number of aromatic carboxylic acids is 1. The summed E-state index contributed by atoms with van der Waals surface area (Å²) in [4.78, 5) is 50.7. The normalized spacial score (nSPS) is 14.8. The molecule has 4 amide bonds. The van der Waals surface area contributed by atoms with Gasteiger partial charge in [-0.3, -0.25) is 14.5 Å². The Morgan fingerprint density at radius 3 is 2.62 bits per heavy atom. The van der Waals surface area contributed by atoms with Gasteiger partial charge in [-0.1, -0.05) is 0 Å². The number of carboxylic acid groups (broad SMARTS) is 1. The number of anilines is 1. The molecule has 0 aliphatic carbocycles. The van der Waals surface area contributed by atoms with Gasteiger partial charge in [-0.2, -0.15) is 0 Å². The van der Waals surface area contributed by atoms with Gasteiger partial charge in [-0.25, -0.2) is 9.59 Å². The molecule has 1 aromatic rings. The first kappa shape index (κ1) is 14.6. The molecule has 0 aromatic carbocycles. The molecule has 0 radical (unpaired) electrons. The number of carbonyl (C=O) groups excluding carboxylic acids is 3. The number of aromatic nitrogens is 1. The van der Waals surface area contributed by atoms with Gasteiger partial charge in [0.15, 0.2) is 0 Å². The second-order valence-electron chi connectivity index (χ2n) is 4.71. The van der Waals surface area contributed by atoms with Crippen LogP contribution < -0.4 is 5.32 Å². The molecule has 0 saturated carbocycles. The summed E-state index contributed by atoms with van der Waals surface area (Å²) in [5.74, 6) is -2.33. The van der Waals surface area contributed by atoms with Crippen molar-refractivity contribution in [1.29, 1.82) is 0 Å². The Kier molecular flexibility index (Phi) is 3.66. The number of H-pyrrole nitrogens is 1. The van der Waals surface area contributed by atoms with Gasteiger partial charge in [0.1, 0.15) is 18.8 Å². The SMILES string of the molecule is Cc1cc(NC(=O)CN2C(=O)CN(C)C2=O)c(C(=O)O)[nH]1.